The van der Waals surface area contributed by atoms with E-state index in [1.54, 1.807) is 0 Å². The molecular weight excluding hydrogens is 421 g/mol. The highest BCUT2D eigenvalue weighted by atomic mass is 32.1. The standard InChI is InChI=1S/C19H17F3N4O3S/c20-19(21,22)29-12-6-7-14-15(9-12)30-18(25-14)26-16(27)10-24-17(28)13(23)8-11-4-2-1-3-5-11/h1-7,9,13H,8,10,23H2,(H,24,28)(H,25,26,27)/t13-/m1/s1. The molecule has 0 unspecified atom stereocenters. The summed E-state index contributed by atoms with van der Waals surface area (Å²) in [7, 11) is 0. The summed E-state index contributed by atoms with van der Waals surface area (Å²) in [6, 6.07) is 12.1. The van der Waals surface area contributed by atoms with Crippen molar-refractivity contribution in [2.75, 3.05) is 11.9 Å². The normalized spacial score (nSPS) is 12.4. The summed E-state index contributed by atoms with van der Waals surface area (Å²) in [5.74, 6) is -1.40. The molecule has 0 aliphatic rings. The highest BCUT2D eigenvalue weighted by Crippen LogP contribution is 2.31. The van der Waals surface area contributed by atoms with Crippen LogP contribution in [-0.4, -0.2) is 35.7 Å². The highest BCUT2D eigenvalue weighted by molar-refractivity contribution is 7.22. The van der Waals surface area contributed by atoms with E-state index in [1.165, 1.54) is 12.1 Å². The molecule has 0 spiro atoms. The number of nitrogens with zero attached hydrogens (tertiary/aromatic N) is 1. The number of carbonyl (C=O) groups excluding carboxylic acids is 2. The molecule has 3 rings (SSSR count). The number of fused-ring (bicyclic) bond motifs is 1. The van der Waals surface area contributed by atoms with Crippen LogP contribution in [0.25, 0.3) is 10.2 Å². The lowest BCUT2D eigenvalue weighted by Gasteiger charge is -2.12. The molecule has 158 valence electrons. The van der Waals surface area contributed by atoms with Gasteiger partial charge in [0.25, 0.3) is 0 Å². The summed E-state index contributed by atoms with van der Waals surface area (Å²) in [6.45, 7) is -0.320. The number of hydrogen-bond acceptors (Lipinski definition) is 6. The summed E-state index contributed by atoms with van der Waals surface area (Å²) in [6.07, 6.45) is -4.47. The first kappa shape index (κ1) is 21.5. The number of rotatable bonds is 7. The van der Waals surface area contributed by atoms with E-state index in [0.717, 1.165) is 23.0 Å². The summed E-state index contributed by atoms with van der Waals surface area (Å²) in [4.78, 5) is 28.2. The molecule has 3 aromatic rings. The van der Waals surface area contributed by atoms with Crippen LogP contribution in [-0.2, 0) is 16.0 Å². The molecule has 2 amide bonds. The minimum absolute atomic E-state index is 0.182. The number of amides is 2. The Hall–Kier alpha value is -3.18. The molecule has 0 bridgehead atoms. The number of nitrogens with two attached hydrogens (primary N) is 1. The van der Waals surface area contributed by atoms with Gasteiger partial charge in [-0.25, -0.2) is 4.98 Å². The number of halogens is 3. The van der Waals surface area contributed by atoms with Crippen molar-refractivity contribution < 1.29 is 27.5 Å². The van der Waals surface area contributed by atoms with Crippen LogP contribution in [0.4, 0.5) is 18.3 Å². The van der Waals surface area contributed by atoms with Crippen LogP contribution in [0.15, 0.2) is 48.5 Å². The van der Waals surface area contributed by atoms with Gasteiger partial charge in [-0.1, -0.05) is 41.7 Å². The molecule has 0 saturated heterocycles. The van der Waals surface area contributed by atoms with E-state index in [9.17, 15) is 22.8 Å². The largest absolute Gasteiger partial charge is 0.573 e. The zero-order valence-electron chi connectivity index (χ0n) is 15.4. The second kappa shape index (κ2) is 9.09. The van der Waals surface area contributed by atoms with Gasteiger partial charge < -0.3 is 21.1 Å². The number of benzene rings is 2. The molecule has 0 saturated carbocycles. The highest BCUT2D eigenvalue weighted by Gasteiger charge is 2.31. The Labute approximate surface area is 173 Å². The molecule has 7 nitrogen and oxygen atoms in total. The molecule has 0 aliphatic carbocycles. The Bertz CT molecular complexity index is 1040. The number of alkyl halides is 3. The second-order valence-corrected chi connectivity index (χ2v) is 7.29. The summed E-state index contributed by atoms with van der Waals surface area (Å²) in [5, 5.41) is 5.12. The Kier molecular flexibility index (Phi) is 6.53. The van der Waals surface area contributed by atoms with Gasteiger partial charge in [-0.05, 0) is 24.1 Å². The van der Waals surface area contributed by atoms with E-state index in [4.69, 9.17) is 5.73 Å². The minimum Gasteiger partial charge on any atom is -0.406 e. The Balaban J connectivity index is 1.53. The SMILES string of the molecule is N[C@H](Cc1ccccc1)C(=O)NCC(=O)Nc1nc2ccc(OC(F)(F)F)cc2s1. The van der Waals surface area contributed by atoms with Crippen LogP contribution in [0.5, 0.6) is 5.75 Å². The smallest absolute Gasteiger partial charge is 0.406 e. The van der Waals surface area contributed by atoms with Gasteiger partial charge >= 0.3 is 6.36 Å². The molecule has 4 N–H and O–H groups in total. The third-order valence-corrected chi connectivity index (χ3v) is 4.83. The zero-order valence-corrected chi connectivity index (χ0v) is 16.2. The van der Waals surface area contributed by atoms with Gasteiger partial charge in [-0.3, -0.25) is 9.59 Å². The van der Waals surface area contributed by atoms with Gasteiger partial charge in [0.2, 0.25) is 11.8 Å². The molecule has 11 heteroatoms. The maximum Gasteiger partial charge on any atom is 0.573 e. The van der Waals surface area contributed by atoms with Gasteiger partial charge in [0.05, 0.1) is 22.8 Å². The van der Waals surface area contributed by atoms with Crippen molar-refractivity contribution in [3.63, 3.8) is 0 Å². The molecule has 1 aromatic heterocycles. The fourth-order valence-electron chi connectivity index (χ4n) is 2.58. The average Bonchev–Trinajstić information content (AvgIpc) is 3.07. The fraction of sp³-hybridized carbons (Fsp3) is 0.211. The molecule has 0 fully saturated rings. The van der Waals surface area contributed by atoms with E-state index in [2.05, 4.69) is 20.4 Å². The summed E-state index contributed by atoms with van der Waals surface area (Å²) >= 11 is 0.980. The van der Waals surface area contributed by atoms with Crippen molar-refractivity contribution in [2.24, 2.45) is 5.73 Å². The van der Waals surface area contributed by atoms with Crippen LogP contribution in [0.1, 0.15) is 5.56 Å². The van der Waals surface area contributed by atoms with E-state index < -0.39 is 24.2 Å². The molecule has 1 heterocycles. The van der Waals surface area contributed by atoms with Crippen molar-refractivity contribution in [1.29, 1.82) is 0 Å². The number of thiazole rings is 1. The Morgan fingerprint density at radius 1 is 1.17 bits per heavy atom. The number of nitrogens with one attached hydrogen (secondary N) is 2. The Morgan fingerprint density at radius 3 is 2.60 bits per heavy atom. The summed E-state index contributed by atoms with van der Waals surface area (Å²) in [5.41, 5.74) is 7.15. The predicted molar refractivity (Wildman–Crippen MR) is 106 cm³/mol. The van der Waals surface area contributed by atoms with Gasteiger partial charge in [0.1, 0.15) is 5.75 Å². The van der Waals surface area contributed by atoms with Crippen LogP contribution < -0.4 is 21.1 Å². The molecule has 2 aromatic carbocycles. The lowest BCUT2D eigenvalue weighted by Crippen LogP contribution is -2.44. The summed E-state index contributed by atoms with van der Waals surface area (Å²) < 4.78 is 41.2. The average molecular weight is 438 g/mol. The maximum atomic E-state index is 12.3. The lowest BCUT2D eigenvalue weighted by atomic mass is 10.1. The van der Waals surface area contributed by atoms with Gasteiger partial charge in [0, 0.05) is 6.07 Å². The number of anilines is 1. The topological polar surface area (TPSA) is 106 Å². The molecule has 0 aliphatic heterocycles. The van der Waals surface area contributed by atoms with Crippen molar-refractivity contribution in [3.05, 3.63) is 54.1 Å². The Morgan fingerprint density at radius 2 is 1.90 bits per heavy atom. The fourth-order valence-corrected chi connectivity index (χ4v) is 3.49. The molecule has 1 atom stereocenters. The van der Waals surface area contributed by atoms with Crippen molar-refractivity contribution in [1.82, 2.24) is 10.3 Å². The minimum atomic E-state index is -4.80. The van der Waals surface area contributed by atoms with Gasteiger partial charge in [-0.15, -0.1) is 13.2 Å². The van der Waals surface area contributed by atoms with E-state index in [-0.39, 0.29) is 17.4 Å². The number of ether oxygens (including phenoxy) is 1. The van der Waals surface area contributed by atoms with Crippen LogP contribution in [0.3, 0.4) is 0 Å². The van der Waals surface area contributed by atoms with E-state index >= 15 is 0 Å². The van der Waals surface area contributed by atoms with Crippen LogP contribution >= 0.6 is 11.3 Å². The van der Waals surface area contributed by atoms with Gasteiger partial charge in [-0.2, -0.15) is 0 Å². The number of carbonyl (C=O) groups is 2. The molecule has 30 heavy (non-hydrogen) atoms. The zero-order chi connectivity index (χ0) is 21.7. The first-order valence-electron chi connectivity index (χ1n) is 8.73. The van der Waals surface area contributed by atoms with Gasteiger partial charge in [0.15, 0.2) is 5.13 Å². The quantitative estimate of drug-likeness (QED) is 0.526. The third-order valence-electron chi connectivity index (χ3n) is 3.90. The molecule has 0 radical (unpaired) electrons. The monoisotopic (exact) mass is 438 g/mol. The van der Waals surface area contributed by atoms with Crippen LogP contribution in [0, 0.1) is 0 Å². The first-order chi connectivity index (χ1) is 14.2. The van der Waals surface area contributed by atoms with E-state index in [0.29, 0.717) is 16.6 Å². The number of hydrogen-bond donors (Lipinski definition) is 3. The van der Waals surface area contributed by atoms with Crippen molar-refractivity contribution in [3.8, 4) is 5.75 Å². The number of aromatic nitrogens is 1. The third kappa shape index (κ3) is 6.16. The maximum absolute atomic E-state index is 12.3. The van der Waals surface area contributed by atoms with Crippen LogP contribution in [0.2, 0.25) is 0 Å². The molecular formula is C19H17F3N4O3S. The second-order valence-electron chi connectivity index (χ2n) is 6.26. The van der Waals surface area contributed by atoms with E-state index in [1.807, 2.05) is 30.3 Å². The lowest BCUT2D eigenvalue weighted by molar-refractivity contribution is -0.274. The predicted octanol–water partition coefficient (Wildman–Crippen LogP) is 2.82. The first-order valence-corrected chi connectivity index (χ1v) is 9.55. The van der Waals surface area contributed by atoms with Crippen molar-refractivity contribution in [2.45, 2.75) is 18.8 Å². The van der Waals surface area contributed by atoms with Crippen molar-refractivity contribution >= 4 is 38.5 Å².